The molecule has 0 aliphatic rings. The first-order valence-electron chi connectivity index (χ1n) is 5.83. The highest BCUT2D eigenvalue weighted by molar-refractivity contribution is 9.11. The lowest BCUT2D eigenvalue weighted by Crippen LogP contribution is -2.54. The van der Waals surface area contributed by atoms with Crippen LogP contribution in [0.1, 0.15) is 30.4 Å². The van der Waals surface area contributed by atoms with Gasteiger partial charge < -0.3 is 16.4 Å². The van der Waals surface area contributed by atoms with Gasteiger partial charge in [0.15, 0.2) is 0 Å². The summed E-state index contributed by atoms with van der Waals surface area (Å²) in [5.74, 6) is -0.511. The number of carbonyl (C=O) groups excluding carboxylic acids is 2. The smallest absolute Gasteiger partial charge is 0.262 e. The molecule has 0 fully saturated rings. The maximum atomic E-state index is 11.9. The van der Waals surface area contributed by atoms with Crippen LogP contribution in [0.5, 0.6) is 0 Å². The first-order chi connectivity index (χ1) is 8.75. The van der Waals surface area contributed by atoms with E-state index < -0.39 is 11.6 Å². The van der Waals surface area contributed by atoms with Crippen molar-refractivity contribution in [3.8, 4) is 0 Å². The Labute approximate surface area is 137 Å². The molecular weight excluding hydrogens is 366 g/mol. The van der Waals surface area contributed by atoms with Crippen molar-refractivity contribution in [2.75, 3.05) is 6.54 Å². The van der Waals surface area contributed by atoms with Gasteiger partial charge in [0, 0.05) is 12.1 Å². The number of hydrogen-bond donors (Lipinski definition) is 3. The maximum absolute atomic E-state index is 11.9. The fraction of sp³-hybridized carbons (Fsp3) is 0.500. The zero-order chi connectivity index (χ0) is 14.6. The zero-order valence-electron chi connectivity index (χ0n) is 11.5. The van der Waals surface area contributed by atoms with Gasteiger partial charge >= 0.3 is 0 Å². The molecule has 1 rings (SSSR count). The second kappa shape index (κ2) is 7.97. The summed E-state index contributed by atoms with van der Waals surface area (Å²) in [5, 5.41) is 5.44. The normalized spacial score (nSPS) is 12.2. The van der Waals surface area contributed by atoms with Gasteiger partial charge in [0.25, 0.3) is 5.91 Å². The van der Waals surface area contributed by atoms with Crippen LogP contribution in [-0.4, -0.2) is 29.9 Å². The predicted octanol–water partition coefficient (Wildman–Crippen LogP) is 1.90. The van der Waals surface area contributed by atoms with E-state index >= 15 is 0 Å². The van der Waals surface area contributed by atoms with Crippen LogP contribution >= 0.6 is 39.7 Å². The van der Waals surface area contributed by atoms with Gasteiger partial charge in [-0.05, 0) is 48.8 Å². The molecular formula is C12H19BrClN3O2S. The van der Waals surface area contributed by atoms with E-state index in [2.05, 4.69) is 26.6 Å². The van der Waals surface area contributed by atoms with Gasteiger partial charge in [0.05, 0.1) is 8.66 Å². The lowest BCUT2D eigenvalue weighted by Gasteiger charge is -2.26. The molecule has 5 nitrogen and oxygen atoms in total. The van der Waals surface area contributed by atoms with Crippen LogP contribution in [0, 0.1) is 0 Å². The molecule has 8 heteroatoms. The molecule has 1 unspecified atom stereocenters. The lowest BCUT2D eigenvalue weighted by molar-refractivity contribution is -0.124. The Morgan fingerprint density at radius 3 is 2.50 bits per heavy atom. The van der Waals surface area contributed by atoms with E-state index in [4.69, 9.17) is 5.73 Å². The molecule has 2 amide bonds. The van der Waals surface area contributed by atoms with E-state index in [0.717, 1.165) is 3.79 Å². The molecule has 20 heavy (non-hydrogen) atoms. The van der Waals surface area contributed by atoms with E-state index in [1.807, 2.05) is 13.8 Å². The SMILES string of the molecule is CC(NC(=O)c1ccc(Br)s1)C(=O)NC(C)(C)CN.Cl. The Balaban J connectivity index is 0.00000361. The van der Waals surface area contributed by atoms with E-state index in [1.54, 1.807) is 19.1 Å². The molecule has 0 radical (unpaired) electrons. The van der Waals surface area contributed by atoms with Crippen molar-refractivity contribution in [3.63, 3.8) is 0 Å². The van der Waals surface area contributed by atoms with Gasteiger partial charge in [0.2, 0.25) is 5.91 Å². The third kappa shape index (κ3) is 5.78. The maximum Gasteiger partial charge on any atom is 0.262 e. The van der Waals surface area contributed by atoms with Crippen LogP contribution in [-0.2, 0) is 4.79 Å². The molecule has 0 bridgehead atoms. The van der Waals surface area contributed by atoms with Crippen LogP contribution in [0.25, 0.3) is 0 Å². The molecule has 4 N–H and O–H groups in total. The Hall–Kier alpha value is -0.630. The van der Waals surface area contributed by atoms with E-state index in [1.165, 1.54) is 11.3 Å². The van der Waals surface area contributed by atoms with Crippen LogP contribution in [0.3, 0.4) is 0 Å². The molecule has 0 saturated heterocycles. The highest BCUT2D eigenvalue weighted by Gasteiger charge is 2.23. The Morgan fingerprint density at radius 2 is 2.05 bits per heavy atom. The van der Waals surface area contributed by atoms with Crippen LogP contribution in [0.15, 0.2) is 15.9 Å². The lowest BCUT2D eigenvalue weighted by atomic mass is 10.1. The van der Waals surface area contributed by atoms with Gasteiger partial charge in [-0.25, -0.2) is 0 Å². The van der Waals surface area contributed by atoms with Crippen LogP contribution in [0.2, 0.25) is 0 Å². The highest BCUT2D eigenvalue weighted by atomic mass is 79.9. The molecule has 0 aromatic carbocycles. The Kier molecular flexibility index (Phi) is 7.72. The Bertz CT molecular complexity index is 479. The zero-order valence-corrected chi connectivity index (χ0v) is 14.7. The largest absolute Gasteiger partial charge is 0.348 e. The summed E-state index contributed by atoms with van der Waals surface area (Å²) < 4.78 is 0.874. The van der Waals surface area contributed by atoms with E-state index in [-0.39, 0.29) is 24.2 Å². The average Bonchev–Trinajstić information content (AvgIpc) is 2.75. The summed E-state index contributed by atoms with van der Waals surface area (Å²) in [6.07, 6.45) is 0. The predicted molar refractivity (Wildman–Crippen MR) is 87.5 cm³/mol. The minimum Gasteiger partial charge on any atom is -0.348 e. The molecule has 0 saturated carbocycles. The number of hydrogen-bond acceptors (Lipinski definition) is 4. The fourth-order valence-corrected chi connectivity index (χ4v) is 2.55. The first kappa shape index (κ1) is 19.4. The summed E-state index contributed by atoms with van der Waals surface area (Å²) in [5.41, 5.74) is 5.06. The number of nitrogens with one attached hydrogen (secondary N) is 2. The number of rotatable bonds is 5. The van der Waals surface area contributed by atoms with Crippen molar-refractivity contribution in [1.82, 2.24) is 10.6 Å². The van der Waals surface area contributed by atoms with Gasteiger partial charge in [0.1, 0.15) is 6.04 Å². The van der Waals surface area contributed by atoms with Gasteiger partial charge in [-0.1, -0.05) is 0 Å². The standard InChI is InChI=1S/C12H18BrN3O2S.ClH/c1-7(10(17)16-12(2,3)6-14)15-11(18)8-4-5-9(13)19-8;/h4-5,7H,6,14H2,1-3H3,(H,15,18)(H,16,17);1H. The van der Waals surface area contributed by atoms with Crippen molar-refractivity contribution in [3.05, 3.63) is 20.8 Å². The summed E-state index contributed by atoms with van der Waals surface area (Å²) >= 11 is 4.61. The fourth-order valence-electron chi connectivity index (χ4n) is 1.26. The molecule has 0 aliphatic heterocycles. The van der Waals surface area contributed by atoms with Gasteiger partial charge in [-0.15, -0.1) is 23.7 Å². The van der Waals surface area contributed by atoms with Gasteiger partial charge in [-0.2, -0.15) is 0 Å². The van der Waals surface area contributed by atoms with Crippen molar-refractivity contribution in [2.45, 2.75) is 32.4 Å². The molecule has 1 atom stereocenters. The number of nitrogens with two attached hydrogens (primary N) is 1. The highest BCUT2D eigenvalue weighted by Crippen LogP contribution is 2.21. The van der Waals surface area contributed by atoms with Crippen LogP contribution < -0.4 is 16.4 Å². The minimum atomic E-state index is -0.612. The summed E-state index contributed by atoms with van der Waals surface area (Å²) in [7, 11) is 0. The molecule has 114 valence electrons. The van der Waals surface area contributed by atoms with E-state index in [9.17, 15) is 9.59 Å². The molecule has 1 aromatic heterocycles. The molecule has 0 aliphatic carbocycles. The minimum absolute atomic E-state index is 0. The van der Waals surface area contributed by atoms with Gasteiger partial charge in [-0.3, -0.25) is 9.59 Å². The molecule has 1 aromatic rings. The topological polar surface area (TPSA) is 84.2 Å². The number of amides is 2. The van der Waals surface area contributed by atoms with E-state index in [0.29, 0.717) is 11.4 Å². The second-order valence-electron chi connectivity index (χ2n) is 4.88. The number of thiophene rings is 1. The third-order valence-corrected chi connectivity index (χ3v) is 4.13. The first-order valence-corrected chi connectivity index (χ1v) is 7.44. The van der Waals surface area contributed by atoms with Crippen molar-refractivity contribution < 1.29 is 9.59 Å². The summed E-state index contributed by atoms with van der Waals surface area (Å²) in [4.78, 5) is 24.3. The van der Waals surface area contributed by atoms with Crippen molar-refractivity contribution >= 4 is 51.5 Å². The number of halogens is 2. The van der Waals surface area contributed by atoms with Crippen LogP contribution in [0.4, 0.5) is 0 Å². The Morgan fingerprint density at radius 1 is 1.45 bits per heavy atom. The molecule has 1 heterocycles. The summed E-state index contributed by atoms with van der Waals surface area (Å²) in [6.45, 7) is 5.63. The number of carbonyl (C=O) groups is 2. The van der Waals surface area contributed by atoms with Crippen molar-refractivity contribution in [1.29, 1.82) is 0 Å². The summed E-state index contributed by atoms with van der Waals surface area (Å²) in [6, 6.07) is 2.89. The molecule has 0 spiro atoms. The quantitative estimate of drug-likeness (QED) is 0.725. The van der Waals surface area contributed by atoms with Crippen molar-refractivity contribution in [2.24, 2.45) is 5.73 Å². The monoisotopic (exact) mass is 383 g/mol. The third-order valence-electron chi connectivity index (χ3n) is 2.51. The average molecular weight is 385 g/mol. The second-order valence-corrected chi connectivity index (χ2v) is 7.34.